The molecule has 0 unspecified atom stereocenters. The van der Waals surface area contributed by atoms with Gasteiger partial charge >= 0.3 is 0 Å². The monoisotopic (exact) mass is 314 g/mol. The summed E-state index contributed by atoms with van der Waals surface area (Å²) in [5, 5.41) is 0. The number of aromatic nitrogens is 1. The van der Waals surface area contributed by atoms with Crippen molar-refractivity contribution in [2.45, 2.75) is 12.8 Å². The SMILES string of the molecule is O=C(CCC(=O)c1cccnc1)NOCCOc1ccccc1. The van der Waals surface area contributed by atoms with Crippen molar-refractivity contribution in [1.82, 2.24) is 10.5 Å². The van der Waals surface area contributed by atoms with E-state index in [4.69, 9.17) is 9.57 Å². The van der Waals surface area contributed by atoms with Crippen molar-refractivity contribution in [1.29, 1.82) is 0 Å². The van der Waals surface area contributed by atoms with Crippen LogP contribution in [0, 0.1) is 0 Å². The molecule has 6 heteroatoms. The summed E-state index contributed by atoms with van der Waals surface area (Å²) < 4.78 is 5.41. The second-order valence-corrected chi connectivity index (χ2v) is 4.70. The van der Waals surface area contributed by atoms with Crippen LogP contribution in [0.15, 0.2) is 54.9 Å². The number of carbonyl (C=O) groups is 2. The van der Waals surface area contributed by atoms with Crippen LogP contribution < -0.4 is 10.2 Å². The van der Waals surface area contributed by atoms with E-state index in [0.717, 1.165) is 5.75 Å². The molecule has 0 aliphatic carbocycles. The summed E-state index contributed by atoms with van der Waals surface area (Å²) >= 11 is 0. The molecular formula is C17H18N2O4. The number of amides is 1. The zero-order chi connectivity index (χ0) is 16.3. The molecule has 0 atom stereocenters. The van der Waals surface area contributed by atoms with Gasteiger partial charge in [-0.15, -0.1) is 0 Å². The van der Waals surface area contributed by atoms with Gasteiger partial charge in [-0.1, -0.05) is 18.2 Å². The second-order valence-electron chi connectivity index (χ2n) is 4.70. The molecule has 1 aromatic heterocycles. The molecule has 2 rings (SSSR count). The van der Waals surface area contributed by atoms with Crippen molar-refractivity contribution in [3.63, 3.8) is 0 Å². The van der Waals surface area contributed by atoms with Gasteiger partial charge in [0.25, 0.3) is 0 Å². The highest BCUT2D eigenvalue weighted by atomic mass is 16.7. The minimum Gasteiger partial charge on any atom is -0.491 e. The van der Waals surface area contributed by atoms with Crippen LogP contribution in [0.25, 0.3) is 0 Å². The molecule has 0 aliphatic heterocycles. The molecule has 2 aromatic rings. The Hall–Kier alpha value is -2.73. The van der Waals surface area contributed by atoms with Gasteiger partial charge < -0.3 is 4.74 Å². The molecule has 0 aliphatic rings. The number of carbonyl (C=O) groups excluding carboxylic acids is 2. The molecule has 1 aromatic carbocycles. The number of hydrogen-bond donors (Lipinski definition) is 1. The summed E-state index contributed by atoms with van der Waals surface area (Å²) in [7, 11) is 0. The summed E-state index contributed by atoms with van der Waals surface area (Å²) in [6.07, 6.45) is 3.25. The number of nitrogens with one attached hydrogen (secondary N) is 1. The molecular weight excluding hydrogens is 296 g/mol. The molecule has 0 fully saturated rings. The van der Waals surface area contributed by atoms with Crippen molar-refractivity contribution in [2.75, 3.05) is 13.2 Å². The number of para-hydroxylation sites is 1. The van der Waals surface area contributed by atoms with E-state index in [1.54, 1.807) is 18.3 Å². The van der Waals surface area contributed by atoms with Crippen molar-refractivity contribution < 1.29 is 19.2 Å². The third-order valence-electron chi connectivity index (χ3n) is 2.95. The number of ketones is 1. The molecule has 0 saturated heterocycles. The van der Waals surface area contributed by atoms with Gasteiger partial charge in [-0.25, -0.2) is 5.48 Å². The summed E-state index contributed by atoms with van der Waals surface area (Å²) in [5.74, 6) is 0.270. The number of pyridine rings is 1. The lowest BCUT2D eigenvalue weighted by atomic mass is 10.1. The molecule has 1 heterocycles. The predicted molar refractivity (Wildman–Crippen MR) is 83.8 cm³/mol. The first kappa shape index (κ1) is 16.6. The Bertz CT molecular complexity index is 617. The zero-order valence-electron chi connectivity index (χ0n) is 12.6. The van der Waals surface area contributed by atoms with Gasteiger partial charge in [0.2, 0.25) is 5.91 Å². The number of rotatable bonds is 9. The van der Waals surface area contributed by atoms with Gasteiger partial charge in [0.1, 0.15) is 19.0 Å². The third-order valence-corrected chi connectivity index (χ3v) is 2.95. The largest absolute Gasteiger partial charge is 0.491 e. The maximum atomic E-state index is 11.8. The van der Waals surface area contributed by atoms with Crippen LogP contribution in [0.3, 0.4) is 0 Å². The van der Waals surface area contributed by atoms with E-state index in [2.05, 4.69) is 10.5 Å². The number of Topliss-reactive ketones (excluding diaryl/α,β-unsaturated/α-hetero) is 1. The fraction of sp³-hybridized carbons (Fsp3) is 0.235. The summed E-state index contributed by atoms with van der Waals surface area (Å²) in [4.78, 5) is 32.2. The lowest BCUT2D eigenvalue weighted by molar-refractivity contribution is -0.134. The molecule has 0 saturated carbocycles. The minimum atomic E-state index is -0.345. The predicted octanol–water partition coefficient (Wildman–Crippen LogP) is 2.17. The van der Waals surface area contributed by atoms with Crippen LogP contribution in [-0.4, -0.2) is 29.9 Å². The minimum absolute atomic E-state index is 0.0628. The van der Waals surface area contributed by atoms with Crippen LogP contribution in [0.5, 0.6) is 5.75 Å². The zero-order valence-corrected chi connectivity index (χ0v) is 12.6. The fourth-order valence-electron chi connectivity index (χ4n) is 1.80. The lowest BCUT2D eigenvalue weighted by Gasteiger charge is -2.07. The number of benzene rings is 1. The van der Waals surface area contributed by atoms with Crippen molar-refractivity contribution in [3.05, 3.63) is 60.4 Å². The Morgan fingerprint density at radius 3 is 2.57 bits per heavy atom. The van der Waals surface area contributed by atoms with Crippen LogP contribution >= 0.6 is 0 Å². The van der Waals surface area contributed by atoms with E-state index in [1.807, 2.05) is 30.3 Å². The van der Waals surface area contributed by atoms with Crippen LogP contribution in [0.2, 0.25) is 0 Å². The topological polar surface area (TPSA) is 77.5 Å². The first-order valence-electron chi connectivity index (χ1n) is 7.27. The average molecular weight is 314 g/mol. The Morgan fingerprint density at radius 1 is 1.00 bits per heavy atom. The van der Waals surface area contributed by atoms with E-state index in [-0.39, 0.29) is 31.1 Å². The smallest absolute Gasteiger partial charge is 0.243 e. The van der Waals surface area contributed by atoms with Crippen molar-refractivity contribution in [2.24, 2.45) is 0 Å². The second kappa shape index (κ2) is 9.32. The molecule has 0 spiro atoms. The standard InChI is InChI=1S/C17H18N2O4/c20-16(14-5-4-10-18-13-14)8-9-17(21)19-23-12-11-22-15-6-2-1-3-7-15/h1-7,10,13H,8-9,11-12H2,(H,19,21). The van der Waals surface area contributed by atoms with Gasteiger partial charge in [0, 0.05) is 30.8 Å². The number of hydrogen-bond acceptors (Lipinski definition) is 5. The Morgan fingerprint density at radius 2 is 1.83 bits per heavy atom. The number of nitrogens with zero attached hydrogens (tertiary/aromatic N) is 1. The molecule has 1 N–H and O–H groups in total. The molecule has 6 nitrogen and oxygen atoms in total. The molecule has 0 radical (unpaired) electrons. The molecule has 120 valence electrons. The van der Waals surface area contributed by atoms with Crippen LogP contribution in [-0.2, 0) is 9.63 Å². The Balaban J connectivity index is 1.56. The van der Waals surface area contributed by atoms with E-state index in [9.17, 15) is 9.59 Å². The molecule has 23 heavy (non-hydrogen) atoms. The van der Waals surface area contributed by atoms with E-state index >= 15 is 0 Å². The maximum Gasteiger partial charge on any atom is 0.243 e. The Labute approximate surface area is 134 Å². The highest BCUT2D eigenvalue weighted by Gasteiger charge is 2.09. The summed E-state index contributed by atoms with van der Waals surface area (Å²) in [5.41, 5.74) is 2.79. The van der Waals surface area contributed by atoms with Gasteiger partial charge in [0.05, 0.1) is 0 Å². The lowest BCUT2D eigenvalue weighted by Crippen LogP contribution is -2.26. The highest BCUT2D eigenvalue weighted by Crippen LogP contribution is 2.07. The first-order valence-corrected chi connectivity index (χ1v) is 7.27. The van der Waals surface area contributed by atoms with E-state index in [0.29, 0.717) is 12.2 Å². The normalized spacial score (nSPS) is 10.1. The van der Waals surface area contributed by atoms with Gasteiger partial charge in [-0.3, -0.25) is 19.4 Å². The Kier molecular flexibility index (Phi) is 6.74. The molecule has 0 bridgehead atoms. The van der Waals surface area contributed by atoms with Crippen molar-refractivity contribution in [3.8, 4) is 5.75 Å². The first-order chi connectivity index (χ1) is 11.3. The highest BCUT2D eigenvalue weighted by molar-refractivity contribution is 5.97. The maximum absolute atomic E-state index is 11.8. The number of ether oxygens (including phenoxy) is 1. The fourth-order valence-corrected chi connectivity index (χ4v) is 1.80. The van der Waals surface area contributed by atoms with Gasteiger partial charge in [-0.2, -0.15) is 0 Å². The quantitative estimate of drug-likeness (QED) is 0.436. The van der Waals surface area contributed by atoms with Crippen LogP contribution in [0.1, 0.15) is 23.2 Å². The van der Waals surface area contributed by atoms with Gasteiger partial charge in [-0.05, 0) is 24.3 Å². The van der Waals surface area contributed by atoms with Crippen molar-refractivity contribution >= 4 is 11.7 Å². The van der Waals surface area contributed by atoms with E-state index < -0.39 is 0 Å². The summed E-state index contributed by atoms with van der Waals surface area (Å²) in [6.45, 7) is 0.538. The third kappa shape index (κ3) is 6.27. The number of hydroxylamine groups is 1. The molecule has 1 amide bonds. The summed E-state index contributed by atoms with van der Waals surface area (Å²) in [6, 6.07) is 12.7. The van der Waals surface area contributed by atoms with Crippen LogP contribution in [0.4, 0.5) is 0 Å². The van der Waals surface area contributed by atoms with Gasteiger partial charge in [0.15, 0.2) is 5.78 Å². The average Bonchev–Trinajstić information content (AvgIpc) is 2.61. The van der Waals surface area contributed by atoms with E-state index in [1.165, 1.54) is 6.20 Å².